The van der Waals surface area contributed by atoms with Crippen LogP contribution in [0.15, 0.2) is 103 Å². The normalized spacial score (nSPS) is 25.3. The number of piperidine rings is 1. The Bertz CT molecular complexity index is 2040. The quantitative estimate of drug-likeness (QED) is 0.180. The van der Waals surface area contributed by atoms with Gasteiger partial charge in [0.1, 0.15) is 17.5 Å². The Morgan fingerprint density at radius 1 is 0.815 bits per heavy atom. The van der Waals surface area contributed by atoms with Gasteiger partial charge in [-0.3, -0.25) is 14.5 Å². The highest BCUT2D eigenvalue weighted by molar-refractivity contribution is 6.01. The van der Waals surface area contributed by atoms with Crippen molar-refractivity contribution in [2.75, 3.05) is 44.2 Å². The van der Waals surface area contributed by atoms with Crippen molar-refractivity contribution in [1.82, 2.24) is 15.1 Å². The monoisotopic (exact) mass is 722 g/mol. The number of aryl methyl sites for hydroxylation is 1. The second-order valence-corrected chi connectivity index (χ2v) is 16.1. The second kappa shape index (κ2) is 14.6. The zero-order valence-corrected chi connectivity index (χ0v) is 31.0. The van der Waals surface area contributed by atoms with Crippen molar-refractivity contribution in [3.63, 3.8) is 0 Å². The maximum atomic E-state index is 13.2. The van der Waals surface area contributed by atoms with E-state index in [2.05, 4.69) is 94.5 Å². The molecule has 5 atom stereocenters. The molecular weight excluding hydrogens is 673 g/mol. The number of amides is 2. The number of nitrogens with one attached hydrogen (secondary N) is 1. The molecule has 3 aliphatic heterocycles. The summed E-state index contributed by atoms with van der Waals surface area (Å²) in [6.45, 7) is 10.3. The summed E-state index contributed by atoms with van der Waals surface area (Å²) in [5, 5.41) is 13.0. The van der Waals surface area contributed by atoms with E-state index in [0.717, 1.165) is 86.4 Å². The molecule has 3 fully saturated rings. The Balaban J connectivity index is 0.738. The lowest BCUT2D eigenvalue weighted by atomic mass is 9.69. The third-order valence-corrected chi connectivity index (χ3v) is 12.8. The summed E-state index contributed by atoms with van der Waals surface area (Å²) >= 11 is 0. The zero-order chi connectivity index (χ0) is 36.8. The predicted molar refractivity (Wildman–Crippen MR) is 211 cm³/mol. The van der Waals surface area contributed by atoms with E-state index < -0.39 is 6.04 Å². The van der Waals surface area contributed by atoms with E-state index in [0.29, 0.717) is 37.0 Å². The molecule has 54 heavy (non-hydrogen) atoms. The number of phenolic OH excluding ortho intramolecular Hbond substituents is 1. The number of carbonyl (C=O) groups excluding carboxylic acids is 2. The van der Waals surface area contributed by atoms with Crippen molar-refractivity contribution >= 4 is 17.5 Å². The fraction of sp³-hybridized carbons (Fsp3) is 0.391. The van der Waals surface area contributed by atoms with Gasteiger partial charge in [-0.05, 0) is 133 Å². The number of aromatic hydroxyl groups is 1. The molecule has 2 N–H and O–H groups in total. The maximum absolute atomic E-state index is 13.2. The van der Waals surface area contributed by atoms with E-state index in [1.165, 1.54) is 35.1 Å². The number of anilines is 1. The summed E-state index contributed by atoms with van der Waals surface area (Å²) in [6, 6.07) is 31.3. The first-order chi connectivity index (χ1) is 26.4. The Morgan fingerprint density at radius 2 is 1.63 bits per heavy atom. The topological polar surface area (TPSA) is 85.4 Å². The van der Waals surface area contributed by atoms with Gasteiger partial charge in [0.15, 0.2) is 0 Å². The number of carbonyl (C=O) groups is 2. The molecule has 3 heterocycles. The van der Waals surface area contributed by atoms with Crippen molar-refractivity contribution < 1.29 is 19.4 Å². The van der Waals surface area contributed by atoms with Crippen molar-refractivity contribution in [1.29, 1.82) is 0 Å². The largest absolute Gasteiger partial charge is 0.508 e. The van der Waals surface area contributed by atoms with Gasteiger partial charge >= 0.3 is 0 Å². The van der Waals surface area contributed by atoms with Crippen LogP contribution in [0.2, 0.25) is 0 Å². The van der Waals surface area contributed by atoms with Crippen LogP contribution < -0.4 is 15.0 Å². The van der Waals surface area contributed by atoms with Crippen molar-refractivity contribution in [2.45, 2.75) is 62.9 Å². The van der Waals surface area contributed by atoms with Gasteiger partial charge in [0.25, 0.3) is 5.91 Å². The first kappa shape index (κ1) is 34.7. The summed E-state index contributed by atoms with van der Waals surface area (Å²) in [5.74, 6) is 3.10. The summed E-state index contributed by atoms with van der Waals surface area (Å²) in [5.41, 5.74) is 8.86. The third kappa shape index (κ3) is 7.00. The lowest BCUT2D eigenvalue weighted by molar-refractivity contribution is -0.126. The van der Waals surface area contributed by atoms with Crippen molar-refractivity contribution in [3.8, 4) is 11.5 Å². The van der Waals surface area contributed by atoms with E-state index >= 15 is 0 Å². The number of fused-ring (bicyclic) bond motifs is 2. The molecule has 0 aromatic heterocycles. The van der Waals surface area contributed by atoms with Crippen LogP contribution in [0.3, 0.4) is 0 Å². The summed E-state index contributed by atoms with van der Waals surface area (Å²) < 4.78 is 6.34. The van der Waals surface area contributed by atoms with Crippen LogP contribution >= 0.6 is 0 Å². The molecular formula is C46H50N4O4. The highest BCUT2D eigenvalue weighted by Gasteiger charge is 2.39. The molecule has 4 aromatic carbocycles. The van der Waals surface area contributed by atoms with Crippen LogP contribution in [-0.4, -0.2) is 72.1 Å². The first-order valence-electron chi connectivity index (χ1n) is 19.9. The Labute approximate surface area is 318 Å². The number of nitrogens with zero attached hydrogens (tertiary/aromatic N) is 3. The molecule has 278 valence electrons. The molecule has 1 saturated carbocycles. The summed E-state index contributed by atoms with van der Waals surface area (Å²) in [7, 11) is 0. The highest BCUT2D eigenvalue weighted by atomic mass is 16.5. The van der Waals surface area contributed by atoms with Gasteiger partial charge in [0.05, 0.1) is 6.61 Å². The van der Waals surface area contributed by atoms with Crippen LogP contribution in [0, 0.1) is 11.8 Å². The molecule has 9 rings (SSSR count). The molecule has 0 spiro atoms. The number of benzene rings is 4. The summed E-state index contributed by atoms with van der Waals surface area (Å²) in [4.78, 5) is 32.5. The van der Waals surface area contributed by atoms with Gasteiger partial charge in [-0.15, -0.1) is 0 Å². The third-order valence-electron chi connectivity index (χ3n) is 12.8. The van der Waals surface area contributed by atoms with Gasteiger partial charge in [0, 0.05) is 55.6 Å². The molecule has 1 unspecified atom stereocenters. The lowest BCUT2D eigenvalue weighted by Gasteiger charge is -2.36. The minimum atomic E-state index is -0.427. The van der Waals surface area contributed by atoms with Crippen molar-refractivity contribution in [2.24, 2.45) is 11.8 Å². The van der Waals surface area contributed by atoms with Crippen LogP contribution in [0.5, 0.6) is 11.5 Å². The van der Waals surface area contributed by atoms with Crippen LogP contribution in [0.4, 0.5) is 5.69 Å². The Kier molecular flexibility index (Phi) is 9.39. The minimum Gasteiger partial charge on any atom is -0.508 e. The number of allylic oxidation sites excluding steroid dienone is 1. The van der Waals surface area contributed by atoms with Gasteiger partial charge in [-0.25, -0.2) is 0 Å². The SMILES string of the molecule is C=C1CCC(N2Cc3cc(N4CCN(CC[C@@H]5C[C@H]5COc5ccc([C@@H]6c7ccc(O)cc7CC[C@@H]6c6ccccc6)cc5)CC4)ccc3C2=O)C(=O)N1. The molecule has 0 bridgehead atoms. The molecule has 2 saturated heterocycles. The molecule has 5 aliphatic rings. The minimum absolute atomic E-state index is 0.0442. The van der Waals surface area contributed by atoms with Crippen molar-refractivity contribution in [3.05, 3.63) is 137 Å². The van der Waals surface area contributed by atoms with Gasteiger partial charge in [-0.2, -0.15) is 0 Å². The average molecular weight is 723 g/mol. The lowest BCUT2D eigenvalue weighted by Crippen LogP contribution is -2.49. The Hall–Kier alpha value is -5.08. The van der Waals surface area contributed by atoms with Crippen LogP contribution in [-0.2, 0) is 17.8 Å². The average Bonchev–Trinajstić information content (AvgIpc) is 3.88. The number of hydrogen-bond donors (Lipinski definition) is 2. The Morgan fingerprint density at radius 3 is 2.43 bits per heavy atom. The van der Waals surface area contributed by atoms with E-state index in [9.17, 15) is 14.7 Å². The fourth-order valence-electron chi connectivity index (χ4n) is 9.54. The second-order valence-electron chi connectivity index (χ2n) is 16.1. The number of rotatable bonds is 10. The zero-order valence-electron chi connectivity index (χ0n) is 31.0. The van der Waals surface area contributed by atoms with E-state index in [1.54, 1.807) is 4.90 Å². The number of phenols is 1. The van der Waals surface area contributed by atoms with Crippen LogP contribution in [0.1, 0.15) is 82.1 Å². The highest BCUT2D eigenvalue weighted by Crippen LogP contribution is 2.47. The number of ether oxygens (including phenoxy) is 1. The first-order valence-corrected chi connectivity index (χ1v) is 19.9. The standard InChI is InChI=1S/C46H50N4O4/c1-30-7-18-43(45(52)47-30)50-28-35-26-37(11-16-42(35)46(50)53)49-23-21-48(22-24-49)20-19-33-25-36(33)29-54-39-13-8-32(9-14-39)44-40(31-5-3-2-4-6-31)15-10-34-27-38(51)12-17-41(34)44/h2-6,8-9,11-14,16-17,26-27,33,36,40,43-44,51H,1,7,10,15,18-25,28-29H2,(H,47,52)/t33-,36+,40-,43?,44+/m1/s1. The fourth-order valence-corrected chi connectivity index (χ4v) is 9.54. The van der Waals surface area contributed by atoms with Gasteiger partial charge in [-0.1, -0.05) is 55.1 Å². The van der Waals surface area contributed by atoms with Gasteiger partial charge < -0.3 is 25.0 Å². The van der Waals surface area contributed by atoms with Crippen LogP contribution in [0.25, 0.3) is 0 Å². The molecule has 2 amide bonds. The summed E-state index contributed by atoms with van der Waals surface area (Å²) in [6.07, 6.45) is 5.81. The predicted octanol–water partition coefficient (Wildman–Crippen LogP) is 7.23. The molecule has 8 heteroatoms. The van der Waals surface area contributed by atoms with E-state index in [-0.39, 0.29) is 17.7 Å². The number of piperazine rings is 1. The van der Waals surface area contributed by atoms with Gasteiger partial charge in [0.2, 0.25) is 5.91 Å². The molecule has 4 aromatic rings. The van der Waals surface area contributed by atoms with E-state index in [1.807, 2.05) is 18.2 Å². The maximum Gasteiger partial charge on any atom is 0.255 e. The van der Waals surface area contributed by atoms with E-state index in [4.69, 9.17) is 4.74 Å². The molecule has 8 nitrogen and oxygen atoms in total. The number of hydrogen-bond acceptors (Lipinski definition) is 6. The smallest absolute Gasteiger partial charge is 0.255 e. The molecule has 0 radical (unpaired) electrons. The molecule has 2 aliphatic carbocycles.